The molecule has 0 radical (unpaired) electrons. The van der Waals surface area contributed by atoms with Crippen molar-refractivity contribution in [1.29, 1.82) is 0 Å². The van der Waals surface area contributed by atoms with E-state index in [4.69, 9.17) is 24.4 Å². The molecule has 3 aromatic rings. The Hall–Kier alpha value is -4.15. The fourth-order valence-electron chi connectivity index (χ4n) is 8.55. The van der Waals surface area contributed by atoms with Gasteiger partial charge in [0.25, 0.3) is 0 Å². The van der Waals surface area contributed by atoms with Crippen LogP contribution in [-0.4, -0.2) is 59.9 Å². The summed E-state index contributed by atoms with van der Waals surface area (Å²) in [5, 5.41) is 18.4. The number of fused-ring (bicyclic) bond motifs is 8. The molecule has 5 heterocycles. The average molecular weight is 756 g/mol. The number of hydrogen-bond acceptors (Lipinski definition) is 6. The molecule has 0 aromatic carbocycles. The van der Waals surface area contributed by atoms with Gasteiger partial charge in [0, 0.05) is 23.3 Å². The number of allylic oxidation sites excluding steroid dienone is 2. The van der Waals surface area contributed by atoms with Crippen molar-refractivity contribution in [3.63, 3.8) is 0 Å². The van der Waals surface area contributed by atoms with Crippen LogP contribution in [0.25, 0.3) is 35.6 Å². The van der Waals surface area contributed by atoms with Gasteiger partial charge in [-0.05, 0) is 82.4 Å². The Morgan fingerprint density at radius 3 is 2.38 bits per heavy atom. The molecule has 1 unspecified atom stereocenters. The molecule has 8 bridgehead atoms. The number of carbonyl (C=O) groups is 2. The maximum atomic E-state index is 13.5. The van der Waals surface area contributed by atoms with Gasteiger partial charge in [-0.25, -0.2) is 0 Å². The van der Waals surface area contributed by atoms with Gasteiger partial charge in [-0.2, -0.15) is 0 Å². The van der Waals surface area contributed by atoms with Crippen molar-refractivity contribution >= 4 is 70.6 Å². The van der Waals surface area contributed by atoms with E-state index in [2.05, 4.69) is 59.5 Å². The number of hydrogen-bond donors (Lipinski definition) is 2. The fourth-order valence-corrected chi connectivity index (χ4v) is 8.55. The van der Waals surface area contributed by atoms with E-state index in [1.54, 1.807) is 0 Å². The second kappa shape index (κ2) is 17.3. The first kappa shape index (κ1) is 42.0. The largest absolute Gasteiger partial charge is 2.00 e. The molecule has 2 N–H and O–H groups in total. The number of nitrogens with one attached hydrogen (secondary N) is 1. The second-order valence-corrected chi connectivity index (χ2v) is 15.6. The Bertz CT molecular complexity index is 2300. The monoisotopic (exact) mass is 755 g/mol. The smallest absolute Gasteiger partial charge is 0.657 e. The molecule has 6 rings (SSSR count). The van der Waals surface area contributed by atoms with Gasteiger partial charge >= 0.3 is 35.0 Å². The van der Waals surface area contributed by atoms with Crippen molar-refractivity contribution in [2.24, 2.45) is 23.7 Å². The maximum Gasteiger partial charge on any atom is 2.00 e. The van der Waals surface area contributed by atoms with Gasteiger partial charge < -0.3 is 34.8 Å². The number of nitrogens with zero attached hydrogens (tertiary/aromatic N) is 3. The van der Waals surface area contributed by atoms with Crippen molar-refractivity contribution in [3.05, 3.63) is 90.1 Å². The van der Waals surface area contributed by atoms with Crippen LogP contribution in [0.3, 0.4) is 0 Å². The van der Waals surface area contributed by atoms with E-state index < -0.39 is 17.9 Å². The van der Waals surface area contributed by atoms with Crippen molar-refractivity contribution < 1.29 is 24.2 Å². The van der Waals surface area contributed by atoms with Gasteiger partial charge in [-0.15, -0.1) is 33.1 Å². The maximum absolute atomic E-state index is 13.5. The number of aromatic nitrogens is 3. The van der Waals surface area contributed by atoms with E-state index in [0.717, 1.165) is 74.9 Å². The van der Waals surface area contributed by atoms with Crippen LogP contribution in [0.5, 0.6) is 0 Å². The molecule has 2 aliphatic heterocycles. The van der Waals surface area contributed by atoms with E-state index >= 15 is 0 Å². The predicted octanol–water partition coefficient (Wildman–Crippen LogP) is 4.26. The molecular weight excluding hydrogens is 701 g/mol. The first-order chi connectivity index (χ1) is 25.8. The molecule has 3 aliphatic rings. The third-order valence-electron chi connectivity index (χ3n) is 11.8. The van der Waals surface area contributed by atoms with Gasteiger partial charge in [-0.1, -0.05) is 92.8 Å². The minimum Gasteiger partial charge on any atom is -0.657 e. The molecule has 9 nitrogen and oxygen atoms in total. The molecule has 0 spiro atoms. The quantitative estimate of drug-likeness (QED) is 0.159. The zero-order chi connectivity index (χ0) is 39.0. The predicted molar refractivity (Wildman–Crippen MR) is 219 cm³/mol. The molecule has 1 saturated heterocycles. The Morgan fingerprint density at radius 2 is 1.71 bits per heavy atom. The number of methoxy groups -OCH3 is 1. The van der Waals surface area contributed by atoms with E-state index in [1.165, 1.54) is 19.1 Å². The zero-order valence-corrected chi connectivity index (χ0v) is 35.5. The Morgan fingerprint density at radius 1 is 1.00 bits per heavy atom. The fraction of sp³-hybridized carbons (Fsp3) is 0.467. The van der Waals surface area contributed by atoms with Crippen LogP contribution in [0, 0.1) is 44.4 Å². The van der Waals surface area contributed by atoms with Gasteiger partial charge in [0.05, 0.1) is 13.2 Å². The molecule has 4 atom stereocenters. The van der Waals surface area contributed by atoms with E-state index in [-0.39, 0.29) is 59.6 Å². The second-order valence-electron chi connectivity index (χ2n) is 15.6. The first-order valence-corrected chi connectivity index (χ1v) is 19.4. The number of aliphatic hydroxyl groups is 1. The van der Waals surface area contributed by atoms with Crippen LogP contribution in [0.15, 0.2) is 23.9 Å². The Kier molecular flexibility index (Phi) is 13.2. The molecule has 1 aliphatic carbocycles. The van der Waals surface area contributed by atoms with E-state index in [1.807, 2.05) is 38.2 Å². The normalized spacial score (nSPS) is 22.2. The molecule has 288 valence electrons. The van der Waals surface area contributed by atoms with Crippen LogP contribution < -0.4 is 41.5 Å². The number of esters is 2. The summed E-state index contributed by atoms with van der Waals surface area (Å²) in [7, 11) is 1.33. The average Bonchev–Trinajstić information content (AvgIpc) is 3.87. The molecule has 1 fully saturated rings. The molecule has 0 amide bonds. The summed E-state index contributed by atoms with van der Waals surface area (Å²) in [6.07, 6.45) is 14.7. The summed E-state index contributed by atoms with van der Waals surface area (Å²) in [6, 6.07) is -0.443. The van der Waals surface area contributed by atoms with Gasteiger partial charge in [0.15, 0.2) is 0 Å². The van der Waals surface area contributed by atoms with E-state index in [0.29, 0.717) is 34.2 Å². The topological polar surface area (TPSA) is 127 Å². The van der Waals surface area contributed by atoms with Gasteiger partial charge in [0.1, 0.15) is 18.3 Å². The summed E-state index contributed by atoms with van der Waals surface area (Å²) >= 11 is 0. The van der Waals surface area contributed by atoms with Gasteiger partial charge in [-0.3, -0.25) is 9.59 Å². The molecule has 55 heavy (non-hydrogen) atoms. The van der Waals surface area contributed by atoms with Crippen molar-refractivity contribution in [1.82, 2.24) is 20.3 Å². The third-order valence-corrected chi connectivity index (χ3v) is 11.8. The summed E-state index contributed by atoms with van der Waals surface area (Å²) < 4.78 is 11.0. The third kappa shape index (κ3) is 8.08. The van der Waals surface area contributed by atoms with E-state index in [9.17, 15) is 14.7 Å². The Labute approximate surface area is 341 Å². The summed E-state index contributed by atoms with van der Waals surface area (Å²) in [4.78, 5) is 42.1. The van der Waals surface area contributed by atoms with Gasteiger partial charge in [0.2, 0.25) is 0 Å². The van der Waals surface area contributed by atoms with Crippen LogP contribution in [0.1, 0.15) is 112 Å². The number of carbonyl (C=O) groups excluding carboxylic acids is 2. The minimum atomic E-state index is -1.04. The van der Waals surface area contributed by atoms with Crippen molar-refractivity contribution in [2.45, 2.75) is 100.0 Å². The SMILES string of the molecule is C=Cc1c2[n-]c(c1C)/C=C1\NC(C3=c4[n-]c(c(C)c4=C(O)[C@@H]3C(=O)OC)/C=c3\[n-]/c(c(C)c3CC)=C\2)[C@@H](CCC(=O)OC/C=C(\C)CCCC(C)C)[C@@H]1C.[Mg+2]. The molecule has 10 heteroatoms. The number of rotatable bonds is 12. The van der Waals surface area contributed by atoms with Crippen LogP contribution in [0.4, 0.5) is 0 Å². The summed E-state index contributed by atoms with van der Waals surface area (Å²) in [5.41, 5.74) is 9.98. The zero-order valence-electron chi connectivity index (χ0n) is 34.1. The first-order valence-electron chi connectivity index (χ1n) is 19.4. The Balaban J connectivity index is 0.00000580. The summed E-state index contributed by atoms with van der Waals surface area (Å²) in [6.45, 7) is 21.2. The van der Waals surface area contributed by atoms with Crippen molar-refractivity contribution in [2.75, 3.05) is 13.7 Å². The summed E-state index contributed by atoms with van der Waals surface area (Å²) in [5.74, 6) is -1.48. The van der Waals surface area contributed by atoms with Crippen molar-refractivity contribution in [3.8, 4) is 0 Å². The molecule has 0 saturated carbocycles. The number of ether oxygens (including phenoxy) is 2. The standard InChI is InChI=1S/C45H55N4O5.Mg/c1-11-29-25(6)32-20-34-27(8)31(16-17-38(50)54-19-18-24(5)15-13-14-23(3)4)42(48-34)40-41(45(52)53-10)44(51)39-28(9)35(49-43(39)40)22-37-30(12-2)26(7)33(47-37)21-36(29)46-32;/h11,18,20-23,27,31,41-42,48,51H,1,12-17,19H2,2-10H3;/q-3;+2/b24-18+,33-21-,34-20-,37-22-;/t27-,31-,41+,42?;/m0./s1. The van der Waals surface area contributed by atoms with Crippen LogP contribution in [-0.2, 0) is 25.5 Å². The van der Waals surface area contributed by atoms with Crippen LogP contribution in [0.2, 0.25) is 0 Å². The molecule has 3 aromatic heterocycles. The number of aliphatic hydroxyl groups excluding tert-OH is 1. The van der Waals surface area contributed by atoms with Crippen LogP contribution >= 0.6 is 0 Å². The molecular formula is C45H55MgN4O5-. The minimum absolute atomic E-state index is 0.